The SMILES string of the molecule is FC(F)(F)c1cccc(N2CCCCNCC2)c1. The van der Waals surface area contributed by atoms with Gasteiger partial charge in [-0.05, 0) is 37.6 Å². The van der Waals surface area contributed by atoms with Gasteiger partial charge in [-0.3, -0.25) is 0 Å². The summed E-state index contributed by atoms with van der Waals surface area (Å²) in [5, 5.41) is 3.27. The van der Waals surface area contributed by atoms with Crippen molar-refractivity contribution in [3.05, 3.63) is 29.8 Å². The van der Waals surface area contributed by atoms with Crippen molar-refractivity contribution < 1.29 is 13.2 Å². The van der Waals surface area contributed by atoms with Crippen molar-refractivity contribution in [2.24, 2.45) is 0 Å². The van der Waals surface area contributed by atoms with Crippen LogP contribution >= 0.6 is 0 Å². The van der Waals surface area contributed by atoms with E-state index in [1.807, 2.05) is 4.90 Å². The normalized spacial score (nSPS) is 18.3. The molecule has 1 aromatic rings. The Balaban J connectivity index is 2.16. The molecule has 0 bridgehead atoms. The summed E-state index contributed by atoms with van der Waals surface area (Å²) >= 11 is 0. The van der Waals surface area contributed by atoms with Crippen LogP contribution in [0.15, 0.2) is 24.3 Å². The Morgan fingerprint density at radius 1 is 1.06 bits per heavy atom. The van der Waals surface area contributed by atoms with Crippen LogP contribution in [0.3, 0.4) is 0 Å². The second-order valence-corrected chi connectivity index (χ2v) is 4.49. The molecule has 1 fully saturated rings. The smallest absolute Gasteiger partial charge is 0.370 e. The fourth-order valence-corrected chi connectivity index (χ4v) is 2.14. The summed E-state index contributed by atoms with van der Waals surface area (Å²) in [7, 11) is 0. The summed E-state index contributed by atoms with van der Waals surface area (Å²) in [4.78, 5) is 2.02. The topological polar surface area (TPSA) is 15.3 Å². The fourth-order valence-electron chi connectivity index (χ4n) is 2.14. The standard InChI is InChI=1S/C13H17F3N2/c14-13(15,16)11-4-3-5-12(10-11)18-8-2-1-6-17-7-9-18/h3-5,10,17H,1-2,6-9H2. The highest BCUT2D eigenvalue weighted by Gasteiger charge is 2.30. The predicted molar refractivity (Wildman–Crippen MR) is 65.8 cm³/mol. The molecule has 0 spiro atoms. The van der Waals surface area contributed by atoms with E-state index < -0.39 is 11.7 Å². The largest absolute Gasteiger partial charge is 0.416 e. The van der Waals surface area contributed by atoms with E-state index in [2.05, 4.69) is 5.32 Å². The van der Waals surface area contributed by atoms with Crippen molar-refractivity contribution in [2.75, 3.05) is 31.1 Å². The summed E-state index contributed by atoms with van der Waals surface area (Å²) in [5.41, 5.74) is 0.0866. The molecule has 1 heterocycles. The van der Waals surface area contributed by atoms with Crippen LogP contribution in [-0.2, 0) is 6.18 Å². The van der Waals surface area contributed by atoms with Crippen LogP contribution < -0.4 is 10.2 Å². The minimum atomic E-state index is -4.27. The number of alkyl halides is 3. The van der Waals surface area contributed by atoms with E-state index in [0.717, 1.165) is 45.1 Å². The Morgan fingerprint density at radius 2 is 1.89 bits per heavy atom. The molecule has 5 heteroatoms. The molecule has 1 aromatic carbocycles. The van der Waals surface area contributed by atoms with E-state index >= 15 is 0 Å². The van der Waals surface area contributed by atoms with Crippen LogP contribution in [0.4, 0.5) is 18.9 Å². The van der Waals surface area contributed by atoms with Gasteiger partial charge >= 0.3 is 6.18 Å². The van der Waals surface area contributed by atoms with Gasteiger partial charge in [-0.1, -0.05) is 6.07 Å². The first-order valence-corrected chi connectivity index (χ1v) is 6.20. The molecule has 0 amide bonds. The molecule has 0 saturated carbocycles. The van der Waals surface area contributed by atoms with Gasteiger partial charge < -0.3 is 10.2 Å². The molecule has 1 saturated heterocycles. The maximum atomic E-state index is 12.6. The Hall–Kier alpha value is -1.23. The number of hydrogen-bond acceptors (Lipinski definition) is 2. The summed E-state index contributed by atoms with van der Waals surface area (Å²) in [6.07, 6.45) is -2.20. The molecular weight excluding hydrogens is 241 g/mol. The van der Waals surface area contributed by atoms with Gasteiger partial charge in [0.15, 0.2) is 0 Å². The Bertz CT molecular complexity index is 382. The van der Waals surface area contributed by atoms with Gasteiger partial charge in [0.05, 0.1) is 5.56 Å². The van der Waals surface area contributed by atoms with Gasteiger partial charge in [0.2, 0.25) is 0 Å². The Kier molecular flexibility index (Phi) is 4.11. The summed E-state index contributed by atoms with van der Waals surface area (Å²) in [5.74, 6) is 0. The lowest BCUT2D eigenvalue weighted by atomic mass is 10.1. The highest BCUT2D eigenvalue weighted by atomic mass is 19.4. The molecule has 0 atom stereocenters. The summed E-state index contributed by atoms with van der Waals surface area (Å²) < 4.78 is 37.9. The number of anilines is 1. The van der Waals surface area contributed by atoms with Crippen molar-refractivity contribution in [3.63, 3.8) is 0 Å². The van der Waals surface area contributed by atoms with Crippen molar-refractivity contribution >= 4 is 5.69 Å². The lowest BCUT2D eigenvalue weighted by molar-refractivity contribution is -0.137. The number of benzene rings is 1. The first-order chi connectivity index (χ1) is 8.57. The second kappa shape index (κ2) is 5.61. The third-order valence-electron chi connectivity index (χ3n) is 3.13. The molecule has 18 heavy (non-hydrogen) atoms. The zero-order chi connectivity index (χ0) is 13.0. The molecule has 1 aliphatic heterocycles. The third kappa shape index (κ3) is 3.38. The van der Waals surface area contributed by atoms with Gasteiger partial charge in [0.25, 0.3) is 0 Å². The van der Waals surface area contributed by atoms with Crippen molar-refractivity contribution in [2.45, 2.75) is 19.0 Å². The molecule has 2 nitrogen and oxygen atoms in total. The molecule has 0 radical (unpaired) electrons. The van der Waals surface area contributed by atoms with Gasteiger partial charge in [0, 0.05) is 25.3 Å². The zero-order valence-electron chi connectivity index (χ0n) is 10.1. The second-order valence-electron chi connectivity index (χ2n) is 4.49. The molecule has 2 rings (SSSR count). The van der Waals surface area contributed by atoms with Gasteiger partial charge in [-0.15, -0.1) is 0 Å². The lowest BCUT2D eigenvalue weighted by Gasteiger charge is -2.27. The third-order valence-corrected chi connectivity index (χ3v) is 3.13. The Labute approximate surface area is 105 Å². The number of nitrogens with one attached hydrogen (secondary N) is 1. The number of halogens is 3. The Morgan fingerprint density at radius 3 is 2.67 bits per heavy atom. The van der Waals surface area contributed by atoms with Crippen LogP contribution in [-0.4, -0.2) is 26.2 Å². The number of rotatable bonds is 1. The van der Waals surface area contributed by atoms with Crippen LogP contribution in [0, 0.1) is 0 Å². The quantitative estimate of drug-likeness (QED) is 0.833. The molecule has 1 N–H and O–H groups in total. The highest BCUT2D eigenvalue weighted by Crippen LogP contribution is 2.31. The molecule has 0 unspecified atom stereocenters. The number of nitrogens with zero attached hydrogens (tertiary/aromatic N) is 1. The molecule has 1 aliphatic rings. The fraction of sp³-hybridized carbons (Fsp3) is 0.538. The number of hydrogen-bond donors (Lipinski definition) is 1. The minimum Gasteiger partial charge on any atom is -0.370 e. The van der Waals surface area contributed by atoms with Crippen LogP contribution in [0.2, 0.25) is 0 Å². The first-order valence-electron chi connectivity index (χ1n) is 6.20. The maximum absolute atomic E-state index is 12.6. The highest BCUT2D eigenvalue weighted by molar-refractivity contribution is 5.49. The maximum Gasteiger partial charge on any atom is 0.416 e. The molecule has 100 valence electrons. The average molecular weight is 258 g/mol. The molecule has 0 aliphatic carbocycles. The van der Waals surface area contributed by atoms with E-state index in [1.165, 1.54) is 12.1 Å². The zero-order valence-corrected chi connectivity index (χ0v) is 10.1. The summed E-state index contributed by atoms with van der Waals surface area (Å²) in [6, 6.07) is 5.58. The van der Waals surface area contributed by atoms with Gasteiger partial charge in [0.1, 0.15) is 0 Å². The summed E-state index contributed by atoms with van der Waals surface area (Å²) in [6.45, 7) is 3.39. The van der Waals surface area contributed by atoms with Crippen molar-refractivity contribution in [3.8, 4) is 0 Å². The first kappa shape index (κ1) is 13.2. The van der Waals surface area contributed by atoms with Gasteiger partial charge in [-0.2, -0.15) is 13.2 Å². The van der Waals surface area contributed by atoms with E-state index in [1.54, 1.807) is 6.07 Å². The van der Waals surface area contributed by atoms with E-state index in [9.17, 15) is 13.2 Å². The van der Waals surface area contributed by atoms with Crippen LogP contribution in [0.5, 0.6) is 0 Å². The average Bonchev–Trinajstić information content (AvgIpc) is 2.27. The van der Waals surface area contributed by atoms with Crippen LogP contribution in [0.1, 0.15) is 18.4 Å². The van der Waals surface area contributed by atoms with E-state index in [4.69, 9.17) is 0 Å². The minimum absolute atomic E-state index is 0.574. The van der Waals surface area contributed by atoms with Crippen molar-refractivity contribution in [1.29, 1.82) is 0 Å². The van der Waals surface area contributed by atoms with Crippen molar-refractivity contribution in [1.82, 2.24) is 5.32 Å². The monoisotopic (exact) mass is 258 g/mol. The van der Waals surface area contributed by atoms with E-state index in [0.29, 0.717) is 5.69 Å². The predicted octanol–water partition coefficient (Wildman–Crippen LogP) is 2.90. The lowest BCUT2D eigenvalue weighted by Crippen LogP contribution is -2.36. The molecular formula is C13H17F3N2. The molecule has 0 aromatic heterocycles. The van der Waals surface area contributed by atoms with Crippen LogP contribution in [0.25, 0.3) is 0 Å². The van der Waals surface area contributed by atoms with E-state index in [-0.39, 0.29) is 0 Å². The van der Waals surface area contributed by atoms with Gasteiger partial charge in [-0.25, -0.2) is 0 Å².